The first-order valence-electron chi connectivity index (χ1n) is 10.7. The van der Waals surface area contributed by atoms with E-state index in [1.165, 1.54) is 41.3 Å². The van der Waals surface area contributed by atoms with Gasteiger partial charge in [-0.25, -0.2) is 13.2 Å². The van der Waals surface area contributed by atoms with Gasteiger partial charge in [0.2, 0.25) is 10.0 Å². The van der Waals surface area contributed by atoms with Gasteiger partial charge in [0, 0.05) is 32.2 Å². The van der Waals surface area contributed by atoms with Crippen LogP contribution in [0.4, 0.5) is 24.5 Å². The molecule has 1 aliphatic heterocycles. The number of nitrogens with zero attached hydrogens (tertiary/aromatic N) is 3. The maximum Gasteiger partial charge on any atom is 0.416 e. The summed E-state index contributed by atoms with van der Waals surface area (Å²) in [6, 6.07) is 6.26. The molecule has 1 saturated heterocycles. The summed E-state index contributed by atoms with van der Waals surface area (Å²) in [5, 5.41) is 20.6. The smallest absolute Gasteiger partial charge is 0.416 e. The third-order valence-corrected chi connectivity index (χ3v) is 7.64. The molecule has 0 amide bonds. The van der Waals surface area contributed by atoms with E-state index < -0.39 is 43.9 Å². The highest BCUT2D eigenvalue weighted by molar-refractivity contribution is 7.89. The van der Waals surface area contributed by atoms with E-state index in [0.717, 1.165) is 12.1 Å². The minimum Gasteiger partial charge on any atom is -0.478 e. The van der Waals surface area contributed by atoms with Gasteiger partial charge in [0.15, 0.2) is 5.60 Å². The zero-order chi connectivity index (χ0) is 27.1. The molecular formula is C22H24F3N3O7S. The lowest BCUT2D eigenvalue weighted by Gasteiger charge is -2.35. The first kappa shape index (κ1) is 27.2. The van der Waals surface area contributed by atoms with Gasteiger partial charge in [-0.3, -0.25) is 10.1 Å². The number of sulfonamides is 1. The number of hydrogen-bond donors (Lipinski definition) is 1. The lowest BCUT2D eigenvalue weighted by Crippen LogP contribution is -2.48. The fraction of sp³-hybridized carbons (Fsp3) is 0.409. The molecular weight excluding hydrogens is 507 g/mol. The number of alkyl halides is 3. The van der Waals surface area contributed by atoms with Crippen molar-refractivity contribution in [2.75, 3.05) is 31.1 Å². The number of aliphatic carboxylic acids is 1. The predicted molar refractivity (Wildman–Crippen MR) is 123 cm³/mol. The van der Waals surface area contributed by atoms with Gasteiger partial charge in [-0.1, -0.05) is 0 Å². The second-order valence-electron chi connectivity index (χ2n) is 8.69. The van der Waals surface area contributed by atoms with E-state index in [0.29, 0.717) is 11.6 Å². The third-order valence-electron chi connectivity index (χ3n) is 5.74. The van der Waals surface area contributed by atoms with Crippen LogP contribution >= 0.6 is 0 Å². The molecule has 14 heteroatoms. The lowest BCUT2D eigenvalue weighted by atomic mass is 10.1. The topological polar surface area (TPSA) is 130 Å². The summed E-state index contributed by atoms with van der Waals surface area (Å²) in [5.74, 6) is -0.981. The van der Waals surface area contributed by atoms with E-state index in [1.807, 2.05) is 0 Å². The number of anilines is 1. The second-order valence-corrected chi connectivity index (χ2v) is 10.6. The average Bonchev–Trinajstić information content (AvgIpc) is 2.79. The Balaban J connectivity index is 1.78. The summed E-state index contributed by atoms with van der Waals surface area (Å²) < 4.78 is 71.9. The quantitative estimate of drug-likeness (QED) is 0.423. The number of nitro benzene ring substituents is 1. The molecule has 1 heterocycles. The average molecular weight is 532 g/mol. The standard InChI is InChI=1S/C22H24F3N3O7S/c1-14-12-16(5-7-19(14)35-21(2,3)20(29)30)36(33,34)27-10-8-26(9-11-27)17-6-4-15(22(23,24)25)13-18(17)28(31)32/h4-7,12-13H,8-11H2,1-3H3,(H,29,30). The Bertz CT molecular complexity index is 1290. The van der Waals surface area contributed by atoms with Gasteiger partial charge in [-0.15, -0.1) is 0 Å². The van der Waals surface area contributed by atoms with Crippen LogP contribution in [0.3, 0.4) is 0 Å². The second kappa shape index (κ2) is 9.58. The molecule has 1 fully saturated rings. The number of aryl methyl sites for hydroxylation is 1. The van der Waals surface area contributed by atoms with Crippen molar-refractivity contribution in [2.45, 2.75) is 37.4 Å². The summed E-state index contributed by atoms with van der Waals surface area (Å²) in [5.41, 5.74) is -3.00. The minimum absolute atomic E-state index is 0.0246. The highest BCUT2D eigenvalue weighted by Gasteiger charge is 2.36. The van der Waals surface area contributed by atoms with Gasteiger partial charge in [0.05, 0.1) is 15.4 Å². The van der Waals surface area contributed by atoms with Crippen LogP contribution in [0.1, 0.15) is 25.0 Å². The molecule has 2 aromatic carbocycles. The van der Waals surface area contributed by atoms with Crippen molar-refractivity contribution >= 4 is 27.4 Å². The molecule has 0 bridgehead atoms. The molecule has 0 spiro atoms. The van der Waals surface area contributed by atoms with E-state index in [4.69, 9.17) is 4.74 Å². The molecule has 10 nitrogen and oxygen atoms in total. The first-order valence-corrected chi connectivity index (χ1v) is 12.1. The van der Waals surface area contributed by atoms with E-state index in [9.17, 15) is 41.6 Å². The molecule has 0 radical (unpaired) electrons. The number of carboxylic acids is 1. The Labute approximate surface area is 205 Å². The molecule has 36 heavy (non-hydrogen) atoms. The van der Waals surface area contributed by atoms with Gasteiger partial charge >= 0.3 is 12.1 Å². The predicted octanol–water partition coefficient (Wildman–Crippen LogP) is 3.67. The normalized spacial score (nSPS) is 15.6. The summed E-state index contributed by atoms with van der Waals surface area (Å²) in [6.45, 7) is 4.25. The molecule has 0 unspecified atom stereocenters. The Morgan fingerprint density at radius 1 is 1.08 bits per heavy atom. The molecule has 196 valence electrons. The van der Waals surface area contributed by atoms with Crippen molar-refractivity contribution in [1.82, 2.24) is 4.31 Å². The van der Waals surface area contributed by atoms with Gasteiger partial charge in [-0.05, 0) is 56.7 Å². The molecule has 1 N–H and O–H groups in total. The van der Waals surface area contributed by atoms with Crippen LogP contribution in [0.15, 0.2) is 41.3 Å². The van der Waals surface area contributed by atoms with Gasteiger partial charge in [0.25, 0.3) is 5.69 Å². The Kier molecular flexibility index (Phi) is 7.24. The largest absolute Gasteiger partial charge is 0.478 e. The number of benzene rings is 2. The maximum absolute atomic E-state index is 13.2. The maximum atomic E-state index is 13.2. The number of halogens is 3. The zero-order valence-corrected chi connectivity index (χ0v) is 20.4. The Morgan fingerprint density at radius 3 is 2.19 bits per heavy atom. The molecule has 3 rings (SSSR count). The number of ether oxygens (including phenoxy) is 1. The monoisotopic (exact) mass is 531 g/mol. The van der Waals surface area contributed by atoms with Crippen LogP contribution in [0.25, 0.3) is 0 Å². The molecule has 2 aromatic rings. The number of piperazine rings is 1. The van der Waals surface area contributed by atoms with Crippen molar-refractivity contribution in [3.63, 3.8) is 0 Å². The van der Waals surface area contributed by atoms with Crippen LogP contribution in [0.2, 0.25) is 0 Å². The third kappa shape index (κ3) is 5.54. The number of hydrogen-bond acceptors (Lipinski definition) is 7. The van der Waals surface area contributed by atoms with Gasteiger partial charge < -0.3 is 14.7 Å². The molecule has 0 aromatic heterocycles. The molecule has 0 aliphatic carbocycles. The van der Waals surface area contributed by atoms with E-state index in [1.54, 1.807) is 6.92 Å². The van der Waals surface area contributed by atoms with Crippen LogP contribution < -0.4 is 9.64 Å². The molecule has 0 atom stereocenters. The zero-order valence-electron chi connectivity index (χ0n) is 19.6. The van der Waals surface area contributed by atoms with Crippen LogP contribution in [-0.4, -0.2) is 60.5 Å². The fourth-order valence-corrected chi connectivity index (χ4v) is 5.16. The Morgan fingerprint density at radius 2 is 1.69 bits per heavy atom. The Hall–Kier alpha value is -3.39. The van der Waals surface area contributed by atoms with Crippen LogP contribution in [0, 0.1) is 17.0 Å². The van der Waals surface area contributed by atoms with E-state index >= 15 is 0 Å². The summed E-state index contributed by atoms with van der Waals surface area (Å²) in [7, 11) is -3.97. The van der Waals surface area contributed by atoms with Gasteiger partial charge in [0.1, 0.15) is 11.4 Å². The highest BCUT2D eigenvalue weighted by Crippen LogP contribution is 2.37. The number of carboxylic acid groups (broad SMARTS) is 1. The summed E-state index contributed by atoms with van der Waals surface area (Å²) in [4.78, 5) is 23.2. The van der Waals surface area contributed by atoms with Crippen molar-refractivity contribution in [3.05, 3.63) is 57.6 Å². The number of rotatable bonds is 7. The van der Waals surface area contributed by atoms with Crippen molar-refractivity contribution in [2.24, 2.45) is 0 Å². The summed E-state index contributed by atoms with van der Waals surface area (Å²) in [6.07, 6.45) is -4.74. The number of nitro groups is 1. The molecule has 1 aliphatic rings. The summed E-state index contributed by atoms with van der Waals surface area (Å²) >= 11 is 0. The van der Waals surface area contributed by atoms with Crippen molar-refractivity contribution in [3.8, 4) is 5.75 Å². The van der Waals surface area contributed by atoms with Crippen molar-refractivity contribution < 1.29 is 41.2 Å². The van der Waals surface area contributed by atoms with E-state index in [2.05, 4.69) is 0 Å². The minimum atomic E-state index is -4.74. The lowest BCUT2D eigenvalue weighted by molar-refractivity contribution is -0.384. The van der Waals surface area contributed by atoms with Crippen molar-refractivity contribution in [1.29, 1.82) is 0 Å². The van der Waals surface area contributed by atoms with Gasteiger partial charge in [-0.2, -0.15) is 17.5 Å². The highest BCUT2D eigenvalue weighted by atomic mass is 32.2. The molecule has 0 saturated carbocycles. The fourth-order valence-electron chi connectivity index (χ4n) is 3.65. The SMILES string of the molecule is Cc1cc(S(=O)(=O)N2CCN(c3ccc(C(F)(F)F)cc3[N+](=O)[O-])CC2)ccc1OC(C)(C)C(=O)O. The van der Waals surface area contributed by atoms with Crippen LogP contribution in [0.5, 0.6) is 5.75 Å². The van der Waals surface area contributed by atoms with Crippen LogP contribution in [-0.2, 0) is 21.0 Å². The first-order chi connectivity index (χ1) is 16.5. The van der Waals surface area contributed by atoms with E-state index in [-0.39, 0.29) is 42.5 Å². The number of carbonyl (C=O) groups is 1.